The molecule has 3 heteroatoms. The third-order valence-electron chi connectivity index (χ3n) is 3.30. The van der Waals surface area contributed by atoms with Crippen molar-refractivity contribution < 1.29 is 0 Å². The predicted molar refractivity (Wildman–Crippen MR) is 57.8 cm³/mol. The smallest absolute Gasteiger partial charge is 0.0962 e. The highest BCUT2D eigenvalue weighted by Gasteiger charge is 2.25. The highest BCUT2D eigenvalue weighted by Crippen LogP contribution is 2.21. The van der Waals surface area contributed by atoms with Crippen LogP contribution < -0.4 is 5.32 Å². The fourth-order valence-corrected chi connectivity index (χ4v) is 2.02. The van der Waals surface area contributed by atoms with Crippen LogP contribution in [0.4, 0.5) is 0 Å². The Morgan fingerprint density at radius 2 is 2.00 bits per heavy atom. The summed E-state index contributed by atoms with van der Waals surface area (Å²) in [6.07, 6.45) is 0.937. The molecule has 80 valence electrons. The van der Waals surface area contributed by atoms with E-state index in [4.69, 9.17) is 5.26 Å². The molecule has 1 fully saturated rings. The zero-order valence-electron chi connectivity index (χ0n) is 9.45. The van der Waals surface area contributed by atoms with E-state index in [0.717, 1.165) is 24.8 Å². The first kappa shape index (κ1) is 11.5. The molecular weight excluding hydrogens is 174 g/mol. The molecule has 0 amide bonds. The van der Waals surface area contributed by atoms with Crippen LogP contribution >= 0.6 is 0 Å². The Kier molecular flexibility index (Phi) is 4.37. The van der Waals surface area contributed by atoms with Gasteiger partial charge in [-0.3, -0.25) is 0 Å². The van der Waals surface area contributed by atoms with Gasteiger partial charge in [-0.1, -0.05) is 13.8 Å². The van der Waals surface area contributed by atoms with Crippen LogP contribution in [0.3, 0.4) is 0 Å². The van der Waals surface area contributed by atoms with Crippen LogP contribution in [-0.2, 0) is 0 Å². The molecule has 0 spiro atoms. The van der Waals surface area contributed by atoms with Crippen molar-refractivity contribution in [3.05, 3.63) is 0 Å². The molecule has 1 aliphatic rings. The fourth-order valence-electron chi connectivity index (χ4n) is 2.02. The highest BCUT2D eigenvalue weighted by atomic mass is 15.1. The molecule has 0 bridgehead atoms. The van der Waals surface area contributed by atoms with E-state index in [1.165, 1.54) is 13.1 Å². The molecule has 1 heterocycles. The Morgan fingerprint density at radius 3 is 2.43 bits per heavy atom. The van der Waals surface area contributed by atoms with E-state index in [1.807, 2.05) is 7.05 Å². The fraction of sp³-hybridized carbons (Fsp3) is 0.909. The van der Waals surface area contributed by atoms with E-state index in [9.17, 15) is 0 Å². The zero-order valence-corrected chi connectivity index (χ0v) is 9.45. The first-order chi connectivity index (χ1) is 6.67. The van der Waals surface area contributed by atoms with Gasteiger partial charge in [0.15, 0.2) is 0 Å². The lowest BCUT2D eigenvalue weighted by molar-refractivity contribution is 0.310. The van der Waals surface area contributed by atoms with Crippen LogP contribution in [0.25, 0.3) is 0 Å². The molecule has 1 rings (SSSR count). The van der Waals surface area contributed by atoms with Crippen molar-refractivity contribution in [2.24, 2.45) is 11.8 Å². The lowest BCUT2D eigenvalue weighted by Crippen LogP contribution is -2.30. The number of rotatable bonds is 4. The predicted octanol–water partition coefficient (Wildman–Crippen LogP) is 1.08. The van der Waals surface area contributed by atoms with E-state index in [2.05, 4.69) is 30.1 Å². The summed E-state index contributed by atoms with van der Waals surface area (Å²) in [7, 11) is 1.85. The average Bonchev–Trinajstić information content (AvgIpc) is 2.48. The Bertz CT molecular complexity index is 199. The largest absolute Gasteiger partial charge is 0.305 e. The lowest BCUT2D eigenvalue weighted by Gasteiger charge is -2.16. The molecule has 1 aliphatic heterocycles. The Hall–Kier alpha value is -0.590. The first-order valence-electron chi connectivity index (χ1n) is 5.46. The third kappa shape index (κ3) is 2.97. The Morgan fingerprint density at radius 1 is 1.43 bits per heavy atom. The standard InChI is InChI=1S/C11H21N3/c1-9-7-14(8-10(9)2)5-4-11(6-12)13-3/h9-11,13H,4-5,7-8H2,1-3H3. The number of nitriles is 1. The van der Waals surface area contributed by atoms with Gasteiger partial charge >= 0.3 is 0 Å². The van der Waals surface area contributed by atoms with Crippen molar-refractivity contribution in [1.29, 1.82) is 5.26 Å². The quantitative estimate of drug-likeness (QED) is 0.729. The van der Waals surface area contributed by atoms with Gasteiger partial charge in [-0.05, 0) is 25.3 Å². The SMILES string of the molecule is CNC(C#N)CCN1CC(C)C(C)C1. The van der Waals surface area contributed by atoms with E-state index in [1.54, 1.807) is 0 Å². The third-order valence-corrected chi connectivity index (χ3v) is 3.30. The Balaban J connectivity index is 2.23. The summed E-state index contributed by atoms with van der Waals surface area (Å²) >= 11 is 0. The summed E-state index contributed by atoms with van der Waals surface area (Å²) in [4.78, 5) is 2.47. The molecule has 0 aromatic heterocycles. The van der Waals surface area contributed by atoms with E-state index in [0.29, 0.717) is 0 Å². The molecule has 0 aromatic carbocycles. The minimum absolute atomic E-state index is 0.0150. The normalized spacial score (nSPS) is 30.1. The maximum absolute atomic E-state index is 8.77. The van der Waals surface area contributed by atoms with Crippen molar-refractivity contribution >= 4 is 0 Å². The molecule has 3 nitrogen and oxygen atoms in total. The van der Waals surface area contributed by atoms with Crippen LogP contribution in [-0.4, -0.2) is 37.6 Å². The van der Waals surface area contributed by atoms with E-state index < -0.39 is 0 Å². The summed E-state index contributed by atoms with van der Waals surface area (Å²) in [5.74, 6) is 1.62. The van der Waals surface area contributed by atoms with Gasteiger partial charge in [-0.25, -0.2) is 0 Å². The van der Waals surface area contributed by atoms with Crippen molar-refractivity contribution in [3.8, 4) is 6.07 Å². The van der Waals surface area contributed by atoms with Gasteiger partial charge in [0, 0.05) is 19.6 Å². The van der Waals surface area contributed by atoms with E-state index >= 15 is 0 Å². The van der Waals surface area contributed by atoms with Crippen molar-refractivity contribution in [2.45, 2.75) is 26.3 Å². The number of nitrogens with one attached hydrogen (secondary N) is 1. The topological polar surface area (TPSA) is 39.1 Å². The van der Waals surface area contributed by atoms with Gasteiger partial charge in [0.2, 0.25) is 0 Å². The summed E-state index contributed by atoms with van der Waals surface area (Å²) in [6.45, 7) is 8.06. The van der Waals surface area contributed by atoms with Crippen molar-refractivity contribution in [1.82, 2.24) is 10.2 Å². The van der Waals surface area contributed by atoms with Gasteiger partial charge in [0.25, 0.3) is 0 Å². The average molecular weight is 195 g/mol. The molecule has 1 saturated heterocycles. The van der Waals surface area contributed by atoms with Gasteiger partial charge in [-0.2, -0.15) is 5.26 Å². The number of hydrogen-bond donors (Lipinski definition) is 1. The molecule has 14 heavy (non-hydrogen) atoms. The summed E-state index contributed by atoms with van der Waals surface area (Å²) in [5, 5.41) is 11.8. The van der Waals surface area contributed by atoms with Gasteiger partial charge in [0.05, 0.1) is 12.1 Å². The first-order valence-corrected chi connectivity index (χ1v) is 5.46. The minimum Gasteiger partial charge on any atom is -0.305 e. The molecule has 3 unspecified atom stereocenters. The number of hydrogen-bond acceptors (Lipinski definition) is 3. The van der Waals surface area contributed by atoms with Crippen LogP contribution in [0.15, 0.2) is 0 Å². The molecule has 3 atom stereocenters. The maximum atomic E-state index is 8.77. The van der Waals surface area contributed by atoms with Crippen LogP contribution in [0.5, 0.6) is 0 Å². The van der Waals surface area contributed by atoms with Crippen LogP contribution in [0, 0.1) is 23.2 Å². The summed E-state index contributed by atoms with van der Waals surface area (Å²) < 4.78 is 0. The maximum Gasteiger partial charge on any atom is 0.0962 e. The van der Waals surface area contributed by atoms with Gasteiger partial charge < -0.3 is 10.2 Å². The van der Waals surface area contributed by atoms with Crippen molar-refractivity contribution in [2.75, 3.05) is 26.7 Å². The molecule has 0 saturated carbocycles. The second-order valence-corrected chi connectivity index (χ2v) is 4.47. The molecule has 0 aliphatic carbocycles. The molecule has 0 radical (unpaired) electrons. The van der Waals surface area contributed by atoms with Crippen LogP contribution in [0.2, 0.25) is 0 Å². The molecule has 0 aromatic rings. The Labute approximate surface area is 87.1 Å². The second-order valence-electron chi connectivity index (χ2n) is 4.47. The molecule has 1 N–H and O–H groups in total. The number of likely N-dealkylation sites (tertiary alicyclic amines) is 1. The number of nitrogens with zero attached hydrogens (tertiary/aromatic N) is 2. The van der Waals surface area contributed by atoms with Gasteiger partial charge in [0.1, 0.15) is 0 Å². The summed E-state index contributed by atoms with van der Waals surface area (Å²) in [5.41, 5.74) is 0. The molecular formula is C11H21N3. The minimum atomic E-state index is 0.0150. The van der Waals surface area contributed by atoms with Gasteiger partial charge in [-0.15, -0.1) is 0 Å². The van der Waals surface area contributed by atoms with Crippen molar-refractivity contribution in [3.63, 3.8) is 0 Å². The summed E-state index contributed by atoms with van der Waals surface area (Å²) in [6, 6.07) is 2.28. The van der Waals surface area contributed by atoms with E-state index in [-0.39, 0.29) is 6.04 Å². The highest BCUT2D eigenvalue weighted by molar-refractivity contribution is 4.90. The monoisotopic (exact) mass is 195 g/mol. The second kappa shape index (κ2) is 5.33. The zero-order chi connectivity index (χ0) is 10.6. The lowest BCUT2D eigenvalue weighted by atomic mass is 10.0. The van der Waals surface area contributed by atoms with Crippen LogP contribution in [0.1, 0.15) is 20.3 Å².